The minimum atomic E-state index is -0.834. The zero-order valence-electron chi connectivity index (χ0n) is 15.7. The molecule has 142 valence electrons. The molecule has 0 aliphatic heterocycles. The standard InChI is InChI=1S/C18H23Cl2N3O3/c1-10(25-12-9-7-8-11(19)13(12)20)14(24)22-18(5,6)15-21-16(26-23-15)17(2,3)4/h7-10H,1-6H3,(H,22,24). The van der Waals surface area contributed by atoms with E-state index < -0.39 is 11.6 Å². The van der Waals surface area contributed by atoms with Gasteiger partial charge in [0.15, 0.2) is 11.9 Å². The molecule has 2 rings (SSSR count). The summed E-state index contributed by atoms with van der Waals surface area (Å²) in [5.41, 5.74) is -1.11. The summed E-state index contributed by atoms with van der Waals surface area (Å²) in [5, 5.41) is 7.49. The van der Waals surface area contributed by atoms with E-state index in [1.807, 2.05) is 20.8 Å². The lowest BCUT2D eigenvalue weighted by atomic mass is 9.97. The molecule has 0 spiro atoms. The number of carbonyl (C=O) groups excluding carboxylic acids is 1. The monoisotopic (exact) mass is 399 g/mol. The fourth-order valence-electron chi connectivity index (χ4n) is 2.07. The van der Waals surface area contributed by atoms with Crippen molar-refractivity contribution in [2.24, 2.45) is 0 Å². The van der Waals surface area contributed by atoms with Crippen molar-refractivity contribution >= 4 is 29.1 Å². The van der Waals surface area contributed by atoms with Gasteiger partial charge in [0, 0.05) is 5.41 Å². The van der Waals surface area contributed by atoms with Gasteiger partial charge in [-0.3, -0.25) is 4.79 Å². The Morgan fingerprint density at radius 1 is 1.23 bits per heavy atom. The third-order valence-electron chi connectivity index (χ3n) is 3.65. The SMILES string of the molecule is CC(Oc1cccc(Cl)c1Cl)C(=O)NC(C)(C)c1noc(C(C)(C)C)n1. The normalized spacial score (nSPS) is 13.4. The van der Waals surface area contributed by atoms with Crippen LogP contribution in [0.2, 0.25) is 10.0 Å². The van der Waals surface area contributed by atoms with Crippen LogP contribution in [0.1, 0.15) is 53.3 Å². The van der Waals surface area contributed by atoms with Gasteiger partial charge in [-0.05, 0) is 32.9 Å². The van der Waals surface area contributed by atoms with Crippen LogP contribution in [0.3, 0.4) is 0 Å². The summed E-state index contributed by atoms with van der Waals surface area (Å²) < 4.78 is 10.9. The molecule has 26 heavy (non-hydrogen) atoms. The van der Waals surface area contributed by atoms with Crippen LogP contribution in [-0.2, 0) is 15.7 Å². The van der Waals surface area contributed by atoms with Gasteiger partial charge in [-0.15, -0.1) is 0 Å². The Kier molecular flexibility index (Phi) is 5.88. The summed E-state index contributed by atoms with van der Waals surface area (Å²) in [4.78, 5) is 16.9. The number of ether oxygens (including phenoxy) is 1. The highest BCUT2D eigenvalue weighted by Gasteiger charge is 2.33. The van der Waals surface area contributed by atoms with Crippen LogP contribution in [-0.4, -0.2) is 22.2 Å². The van der Waals surface area contributed by atoms with E-state index in [4.69, 9.17) is 32.5 Å². The lowest BCUT2D eigenvalue weighted by Gasteiger charge is -2.25. The maximum absolute atomic E-state index is 12.5. The Labute approximate surface area is 163 Å². The molecule has 0 aliphatic carbocycles. The number of carbonyl (C=O) groups is 1. The Morgan fingerprint density at radius 2 is 1.88 bits per heavy atom. The fraction of sp³-hybridized carbons (Fsp3) is 0.500. The van der Waals surface area contributed by atoms with Gasteiger partial charge < -0.3 is 14.6 Å². The van der Waals surface area contributed by atoms with Gasteiger partial charge >= 0.3 is 0 Å². The number of benzene rings is 1. The number of amides is 1. The maximum atomic E-state index is 12.5. The van der Waals surface area contributed by atoms with Crippen LogP contribution < -0.4 is 10.1 Å². The van der Waals surface area contributed by atoms with Crippen molar-refractivity contribution in [1.82, 2.24) is 15.5 Å². The van der Waals surface area contributed by atoms with E-state index >= 15 is 0 Å². The minimum absolute atomic E-state index is 0.265. The molecule has 1 atom stereocenters. The topological polar surface area (TPSA) is 77.2 Å². The van der Waals surface area contributed by atoms with Gasteiger partial charge in [0.2, 0.25) is 5.89 Å². The summed E-state index contributed by atoms with van der Waals surface area (Å²) in [7, 11) is 0. The molecule has 8 heteroatoms. The molecule has 1 heterocycles. The maximum Gasteiger partial charge on any atom is 0.261 e. The van der Waals surface area contributed by atoms with Crippen molar-refractivity contribution < 1.29 is 14.1 Å². The number of rotatable bonds is 5. The highest BCUT2D eigenvalue weighted by Crippen LogP contribution is 2.32. The van der Waals surface area contributed by atoms with E-state index in [9.17, 15) is 4.79 Å². The second kappa shape index (κ2) is 7.45. The third-order valence-corrected chi connectivity index (χ3v) is 4.45. The van der Waals surface area contributed by atoms with Gasteiger partial charge in [0.25, 0.3) is 5.91 Å². The van der Waals surface area contributed by atoms with Crippen molar-refractivity contribution in [2.45, 2.75) is 58.6 Å². The zero-order valence-corrected chi connectivity index (χ0v) is 17.2. The zero-order chi connectivity index (χ0) is 19.7. The molecular weight excluding hydrogens is 377 g/mol. The first-order valence-corrected chi connectivity index (χ1v) is 8.95. The quantitative estimate of drug-likeness (QED) is 0.800. The lowest BCUT2D eigenvalue weighted by Crippen LogP contribution is -2.47. The predicted octanol–water partition coefficient (Wildman–Crippen LogP) is 4.49. The molecule has 6 nitrogen and oxygen atoms in total. The smallest absolute Gasteiger partial charge is 0.261 e. The molecule has 0 bridgehead atoms. The Bertz CT molecular complexity index is 797. The average Bonchev–Trinajstić information content (AvgIpc) is 3.02. The summed E-state index contributed by atoms with van der Waals surface area (Å²) >= 11 is 12.1. The third kappa shape index (κ3) is 4.68. The number of nitrogens with zero attached hydrogens (tertiary/aromatic N) is 2. The molecule has 1 aromatic carbocycles. The number of halogens is 2. The molecule has 1 unspecified atom stereocenters. The van der Waals surface area contributed by atoms with Gasteiger partial charge in [-0.2, -0.15) is 4.98 Å². The Balaban J connectivity index is 2.09. The Morgan fingerprint density at radius 3 is 2.46 bits per heavy atom. The van der Waals surface area contributed by atoms with E-state index in [1.54, 1.807) is 39.0 Å². The molecular formula is C18H23Cl2N3O3. The van der Waals surface area contributed by atoms with E-state index in [0.29, 0.717) is 22.5 Å². The van der Waals surface area contributed by atoms with Crippen molar-refractivity contribution in [3.05, 3.63) is 40.0 Å². The van der Waals surface area contributed by atoms with Crippen LogP contribution in [0.25, 0.3) is 0 Å². The number of aromatic nitrogens is 2. The summed E-state index contributed by atoms with van der Waals surface area (Å²) in [6.07, 6.45) is -0.792. The van der Waals surface area contributed by atoms with Crippen LogP contribution in [0.4, 0.5) is 0 Å². The second-order valence-electron chi connectivity index (χ2n) is 7.60. The van der Waals surface area contributed by atoms with Crippen LogP contribution in [0.5, 0.6) is 5.75 Å². The highest BCUT2D eigenvalue weighted by molar-refractivity contribution is 6.42. The van der Waals surface area contributed by atoms with E-state index in [2.05, 4.69) is 15.5 Å². The first kappa shape index (κ1) is 20.5. The van der Waals surface area contributed by atoms with Crippen LogP contribution in [0.15, 0.2) is 22.7 Å². The number of nitrogens with one attached hydrogen (secondary N) is 1. The number of hydrogen-bond donors (Lipinski definition) is 1. The lowest BCUT2D eigenvalue weighted by molar-refractivity contribution is -0.129. The molecule has 0 aliphatic rings. The van der Waals surface area contributed by atoms with E-state index in [1.165, 1.54) is 0 Å². The van der Waals surface area contributed by atoms with Gasteiger partial charge in [-0.1, -0.05) is 55.2 Å². The average molecular weight is 400 g/mol. The van der Waals surface area contributed by atoms with Crippen molar-refractivity contribution in [3.8, 4) is 5.75 Å². The van der Waals surface area contributed by atoms with Crippen LogP contribution >= 0.6 is 23.2 Å². The van der Waals surface area contributed by atoms with Crippen molar-refractivity contribution in [2.75, 3.05) is 0 Å². The second-order valence-corrected chi connectivity index (χ2v) is 8.38. The van der Waals surface area contributed by atoms with Crippen molar-refractivity contribution in [3.63, 3.8) is 0 Å². The summed E-state index contributed by atoms with van der Waals surface area (Å²) in [5.74, 6) is 0.899. The van der Waals surface area contributed by atoms with Gasteiger partial charge in [0.05, 0.1) is 10.6 Å². The molecule has 1 aromatic heterocycles. The van der Waals surface area contributed by atoms with Crippen LogP contribution in [0, 0.1) is 0 Å². The molecule has 1 amide bonds. The summed E-state index contributed by atoms with van der Waals surface area (Å²) in [6.45, 7) is 11.1. The Hall–Kier alpha value is -1.79. The summed E-state index contributed by atoms with van der Waals surface area (Å²) in [6, 6.07) is 5.00. The molecule has 0 saturated heterocycles. The van der Waals surface area contributed by atoms with Crippen molar-refractivity contribution in [1.29, 1.82) is 0 Å². The first-order chi connectivity index (χ1) is 11.9. The molecule has 0 saturated carbocycles. The molecule has 0 radical (unpaired) electrons. The predicted molar refractivity (Wildman–Crippen MR) is 101 cm³/mol. The highest BCUT2D eigenvalue weighted by atomic mass is 35.5. The molecule has 2 aromatic rings. The molecule has 1 N–H and O–H groups in total. The van der Waals surface area contributed by atoms with E-state index in [0.717, 1.165) is 0 Å². The minimum Gasteiger partial charge on any atom is -0.479 e. The molecule has 0 fully saturated rings. The number of hydrogen-bond acceptors (Lipinski definition) is 5. The van der Waals surface area contributed by atoms with Gasteiger partial charge in [-0.25, -0.2) is 0 Å². The fourth-order valence-corrected chi connectivity index (χ4v) is 2.40. The van der Waals surface area contributed by atoms with Gasteiger partial charge in [0.1, 0.15) is 10.8 Å². The largest absolute Gasteiger partial charge is 0.479 e. The van der Waals surface area contributed by atoms with E-state index in [-0.39, 0.29) is 16.3 Å². The first-order valence-electron chi connectivity index (χ1n) is 8.19.